The van der Waals surface area contributed by atoms with Crippen LogP contribution in [0.5, 0.6) is 5.75 Å². The molecule has 0 bridgehead atoms. The van der Waals surface area contributed by atoms with Gasteiger partial charge in [0.25, 0.3) is 0 Å². The highest BCUT2D eigenvalue weighted by Crippen LogP contribution is 2.20. The van der Waals surface area contributed by atoms with Crippen LogP contribution in [0.15, 0.2) is 48.5 Å². The Balaban J connectivity index is 2.09. The van der Waals surface area contributed by atoms with Crippen LogP contribution in [-0.2, 0) is 9.59 Å². The fraction of sp³-hybridized carbons (Fsp3) is 0.200. The second-order valence-corrected chi connectivity index (χ2v) is 5.69. The molecule has 6 heteroatoms. The Morgan fingerprint density at radius 3 is 2.35 bits per heavy atom. The van der Waals surface area contributed by atoms with E-state index in [2.05, 4.69) is 5.32 Å². The summed E-state index contributed by atoms with van der Waals surface area (Å²) in [5.41, 5.74) is 1.79. The summed E-state index contributed by atoms with van der Waals surface area (Å²) in [5, 5.41) is 20.9. The van der Waals surface area contributed by atoms with Crippen LogP contribution >= 0.6 is 0 Å². The van der Waals surface area contributed by atoms with Crippen LogP contribution in [0.4, 0.5) is 5.69 Å². The lowest BCUT2D eigenvalue weighted by Gasteiger charge is -2.17. The topological polar surface area (TPSA) is 103 Å². The molecule has 0 heterocycles. The van der Waals surface area contributed by atoms with Gasteiger partial charge in [-0.05, 0) is 38.1 Å². The summed E-state index contributed by atoms with van der Waals surface area (Å²) in [6.07, 6.45) is -1.06. The largest absolute Gasteiger partial charge is 0.482 e. The van der Waals surface area contributed by atoms with Gasteiger partial charge < -0.3 is 10.1 Å². The lowest BCUT2D eigenvalue weighted by Crippen LogP contribution is -2.37. The molecule has 0 aliphatic rings. The summed E-state index contributed by atoms with van der Waals surface area (Å²) in [7, 11) is 0. The number of para-hydroxylation sites is 1. The van der Waals surface area contributed by atoms with E-state index in [9.17, 15) is 14.9 Å². The first-order chi connectivity index (χ1) is 12.5. The molecule has 2 rings (SSSR count). The molecular formula is C20H17N3O3. The Kier molecular flexibility index (Phi) is 6.08. The van der Waals surface area contributed by atoms with Gasteiger partial charge in [-0.1, -0.05) is 29.8 Å². The van der Waals surface area contributed by atoms with Gasteiger partial charge in [-0.15, -0.1) is 0 Å². The number of nitrogens with one attached hydrogen (secondary N) is 1. The number of hydrogen-bond acceptors (Lipinski definition) is 5. The zero-order valence-electron chi connectivity index (χ0n) is 14.4. The Morgan fingerprint density at radius 1 is 1.08 bits per heavy atom. The summed E-state index contributed by atoms with van der Waals surface area (Å²) in [4.78, 5) is 24.8. The number of amides is 1. The van der Waals surface area contributed by atoms with Crippen LogP contribution in [0.25, 0.3) is 0 Å². The third-order valence-electron chi connectivity index (χ3n) is 3.71. The third-order valence-corrected chi connectivity index (χ3v) is 3.71. The van der Waals surface area contributed by atoms with Gasteiger partial charge >= 0.3 is 0 Å². The van der Waals surface area contributed by atoms with Crippen LogP contribution in [0, 0.1) is 35.5 Å². The minimum absolute atomic E-state index is 0.228. The Hall–Kier alpha value is -3.64. The molecule has 0 fully saturated rings. The lowest BCUT2D eigenvalue weighted by molar-refractivity contribution is -0.133. The molecule has 0 aliphatic carbocycles. The predicted octanol–water partition coefficient (Wildman–Crippen LogP) is 2.98. The molecular weight excluding hydrogens is 330 g/mol. The minimum Gasteiger partial charge on any atom is -0.482 e. The third kappa shape index (κ3) is 4.46. The second-order valence-electron chi connectivity index (χ2n) is 5.69. The fourth-order valence-corrected chi connectivity index (χ4v) is 2.25. The number of ether oxygens (including phenoxy) is 1. The Bertz CT molecular complexity index is 892. The van der Waals surface area contributed by atoms with Crippen LogP contribution in [-0.4, -0.2) is 17.8 Å². The number of aryl methyl sites for hydroxylation is 1. The number of carbonyl (C=O) groups is 2. The zero-order chi connectivity index (χ0) is 19.1. The molecule has 0 spiro atoms. The van der Waals surface area contributed by atoms with E-state index in [-0.39, 0.29) is 11.3 Å². The molecule has 0 saturated carbocycles. The summed E-state index contributed by atoms with van der Waals surface area (Å²) >= 11 is 0. The number of rotatable bonds is 6. The van der Waals surface area contributed by atoms with Crippen molar-refractivity contribution in [3.8, 4) is 17.9 Å². The molecule has 0 aliphatic heterocycles. The normalized spacial score (nSPS) is 12.2. The van der Waals surface area contributed by atoms with E-state index >= 15 is 0 Å². The fourth-order valence-electron chi connectivity index (χ4n) is 2.25. The molecule has 2 aromatic carbocycles. The van der Waals surface area contributed by atoms with Crippen LogP contribution < -0.4 is 10.1 Å². The number of benzene rings is 2. The van der Waals surface area contributed by atoms with E-state index < -0.39 is 23.7 Å². The smallest absolute Gasteiger partial charge is 0.249 e. The highest BCUT2D eigenvalue weighted by atomic mass is 16.5. The Morgan fingerprint density at radius 2 is 1.73 bits per heavy atom. The molecule has 2 atom stereocenters. The summed E-state index contributed by atoms with van der Waals surface area (Å²) in [5.74, 6) is -2.68. The van der Waals surface area contributed by atoms with Crippen LogP contribution in [0.2, 0.25) is 0 Å². The van der Waals surface area contributed by atoms with E-state index in [1.807, 2.05) is 25.1 Å². The standard InChI is InChI=1S/C20H17N3O3/c1-13-7-9-16(10-8-13)23-20(25)17(12-22)19(24)14(2)26-18-6-4-3-5-15(18)11-21/h3-10,14,17H,1-2H3,(H,23,25). The maximum absolute atomic E-state index is 12.5. The van der Waals surface area contributed by atoms with E-state index in [1.165, 1.54) is 6.92 Å². The SMILES string of the molecule is Cc1ccc(NC(=O)C(C#N)C(=O)C(C)Oc2ccccc2C#N)cc1. The van der Waals surface area contributed by atoms with E-state index in [4.69, 9.17) is 10.00 Å². The zero-order valence-corrected chi connectivity index (χ0v) is 14.4. The first-order valence-corrected chi connectivity index (χ1v) is 7.93. The number of nitrogens with zero attached hydrogens (tertiary/aromatic N) is 2. The van der Waals surface area contributed by atoms with Gasteiger partial charge in [-0.25, -0.2) is 0 Å². The van der Waals surface area contributed by atoms with Gasteiger partial charge in [0.15, 0.2) is 17.8 Å². The molecule has 1 N–H and O–H groups in total. The van der Waals surface area contributed by atoms with Gasteiger partial charge in [0, 0.05) is 5.69 Å². The molecule has 0 radical (unpaired) electrons. The number of Topliss-reactive ketones (excluding diaryl/α,β-unsaturated/α-hetero) is 1. The van der Waals surface area contributed by atoms with Gasteiger partial charge in [0.1, 0.15) is 11.8 Å². The van der Waals surface area contributed by atoms with Crippen molar-refractivity contribution in [1.29, 1.82) is 10.5 Å². The highest BCUT2D eigenvalue weighted by molar-refractivity contribution is 6.10. The van der Waals surface area contributed by atoms with E-state index in [0.717, 1.165) is 5.56 Å². The van der Waals surface area contributed by atoms with Crippen molar-refractivity contribution in [2.24, 2.45) is 5.92 Å². The second kappa shape index (κ2) is 8.46. The van der Waals surface area contributed by atoms with Gasteiger partial charge in [0.05, 0.1) is 11.6 Å². The average Bonchev–Trinajstić information content (AvgIpc) is 2.64. The van der Waals surface area contributed by atoms with Crippen molar-refractivity contribution in [3.63, 3.8) is 0 Å². The Labute approximate surface area is 151 Å². The van der Waals surface area contributed by atoms with E-state index in [0.29, 0.717) is 5.69 Å². The monoisotopic (exact) mass is 347 g/mol. The lowest BCUT2D eigenvalue weighted by atomic mass is 10.0. The van der Waals surface area contributed by atoms with Crippen LogP contribution in [0.1, 0.15) is 18.1 Å². The van der Waals surface area contributed by atoms with Crippen molar-refractivity contribution in [1.82, 2.24) is 0 Å². The van der Waals surface area contributed by atoms with Crippen molar-refractivity contribution in [2.45, 2.75) is 20.0 Å². The van der Waals surface area contributed by atoms with Gasteiger partial charge in [0.2, 0.25) is 5.91 Å². The van der Waals surface area contributed by atoms with Crippen molar-refractivity contribution in [3.05, 3.63) is 59.7 Å². The predicted molar refractivity (Wildman–Crippen MR) is 95.2 cm³/mol. The molecule has 1 amide bonds. The summed E-state index contributed by atoms with van der Waals surface area (Å²) in [6.45, 7) is 3.35. The number of ketones is 1. The average molecular weight is 347 g/mol. The summed E-state index contributed by atoms with van der Waals surface area (Å²) < 4.78 is 5.49. The van der Waals surface area contributed by atoms with Gasteiger partial charge in [-0.2, -0.15) is 10.5 Å². The quantitative estimate of drug-likeness (QED) is 0.809. The molecule has 2 aromatic rings. The highest BCUT2D eigenvalue weighted by Gasteiger charge is 2.32. The van der Waals surface area contributed by atoms with Gasteiger partial charge in [-0.3, -0.25) is 9.59 Å². The molecule has 130 valence electrons. The van der Waals surface area contributed by atoms with Crippen molar-refractivity contribution >= 4 is 17.4 Å². The molecule has 0 saturated heterocycles. The van der Waals surface area contributed by atoms with Crippen molar-refractivity contribution < 1.29 is 14.3 Å². The van der Waals surface area contributed by atoms with Crippen LogP contribution in [0.3, 0.4) is 0 Å². The number of carbonyl (C=O) groups excluding carboxylic acids is 2. The minimum atomic E-state index is -1.51. The molecule has 2 unspecified atom stereocenters. The first kappa shape index (κ1) is 18.7. The molecule has 0 aromatic heterocycles. The first-order valence-electron chi connectivity index (χ1n) is 7.93. The maximum Gasteiger partial charge on any atom is 0.249 e. The number of nitriles is 2. The van der Waals surface area contributed by atoms with E-state index in [1.54, 1.807) is 42.5 Å². The summed E-state index contributed by atoms with van der Waals surface area (Å²) in [6, 6.07) is 17.1. The van der Waals surface area contributed by atoms with Crippen molar-refractivity contribution in [2.75, 3.05) is 5.32 Å². The molecule has 6 nitrogen and oxygen atoms in total. The number of anilines is 1. The maximum atomic E-state index is 12.5. The molecule has 26 heavy (non-hydrogen) atoms. The number of hydrogen-bond donors (Lipinski definition) is 1.